The third-order valence-corrected chi connectivity index (χ3v) is 5.07. The molecule has 0 unspecified atom stereocenters. The number of sulfonamides is 1. The highest BCUT2D eigenvalue weighted by Crippen LogP contribution is 2.17. The van der Waals surface area contributed by atoms with Gasteiger partial charge < -0.3 is 4.74 Å². The molecule has 0 aromatic heterocycles. The number of benzene rings is 1. The summed E-state index contributed by atoms with van der Waals surface area (Å²) in [6.45, 7) is 4.59. The molecule has 0 radical (unpaired) electrons. The summed E-state index contributed by atoms with van der Waals surface area (Å²) in [5.74, 6) is 0.634. The molecule has 8 heteroatoms. The van der Waals surface area contributed by atoms with Crippen LogP contribution >= 0.6 is 12.2 Å². The van der Waals surface area contributed by atoms with Crippen molar-refractivity contribution in [1.29, 1.82) is 0 Å². The first kappa shape index (κ1) is 19.8. The minimum absolute atomic E-state index is 0.0509. The molecule has 0 saturated carbocycles. The number of hydrogen-bond acceptors (Lipinski definition) is 5. The molecule has 1 rings (SSSR count). The third-order valence-electron chi connectivity index (χ3n) is 3.20. The van der Waals surface area contributed by atoms with Crippen LogP contribution in [0.25, 0.3) is 0 Å². The van der Waals surface area contributed by atoms with Crippen molar-refractivity contribution >= 4 is 27.2 Å². The van der Waals surface area contributed by atoms with Gasteiger partial charge >= 0.3 is 0 Å². The number of hydrogen-bond donors (Lipinski definition) is 3. The van der Waals surface area contributed by atoms with Crippen molar-refractivity contribution in [3.63, 3.8) is 0 Å². The van der Waals surface area contributed by atoms with Crippen LogP contribution in [0.5, 0.6) is 5.75 Å². The highest BCUT2D eigenvalue weighted by Gasteiger charge is 2.22. The van der Waals surface area contributed by atoms with E-state index in [1.807, 2.05) is 12.4 Å². The van der Waals surface area contributed by atoms with Crippen LogP contribution in [0, 0.1) is 0 Å². The number of unbranched alkanes of at least 4 members (excludes halogenated alkanes) is 1. The molecule has 0 saturated heterocycles. The van der Waals surface area contributed by atoms with E-state index in [1.165, 1.54) is 12.1 Å². The first-order valence-electron chi connectivity index (χ1n) is 7.63. The van der Waals surface area contributed by atoms with Crippen molar-refractivity contribution in [3.05, 3.63) is 24.3 Å². The van der Waals surface area contributed by atoms with Gasteiger partial charge in [0.15, 0.2) is 0 Å². The van der Waals surface area contributed by atoms with Crippen LogP contribution in [-0.4, -0.2) is 31.3 Å². The van der Waals surface area contributed by atoms with E-state index in [4.69, 9.17) is 22.2 Å². The highest BCUT2D eigenvalue weighted by atomic mass is 32.2. The number of nitrogens with one attached hydrogen (secondary N) is 2. The van der Waals surface area contributed by atoms with Gasteiger partial charge in [-0.1, -0.05) is 38.9 Å². The van der Waals surface area contributed by atoms with Crippen molar-refractivity contribution in [3.8, 4) is 5.75 Å². The Balaban J connectivity index is 2.80. The Morgan fingerprint density at radius 2 is 1.91 bits per heavy atom. The number of rotatable bonds is 10. The first-order chi connectivity index (χ1) is 10.9. The Hall–Kier alpha value is -1.22. The molecule has 23 heavy (non-hydrogen) atoms. The maximum absolute atomic E-state index is 12.4. The smallest absolute Gasteiger partial charge is 0.241 e. The molecule has 1 atom stereocenters. The minimum atomic E-state index is -3.72. The average molecular weight is 361 g/mol. The van der Waals surface area contributed by atoms with Crippen LogP contribution in [0.4, 0.5) is 0 Å². The van der Waals surface area contributed by atoms with E-state index >= 15 is 0 Å². The van der Waals surface area contributed by atoms with Crippen LogP contribution < -0.4 is 14.9 Å². The van der Waals surface area contributed by atoms with Gasteiger partial charge in [-0.15, -0.1) is 0 Å². The Labute approximate surface area is 143 Å². The second kappa shape index (κ2) is 9.82. The van der Waals surface area contributed by atoms with Crippen molar-refractivity contribution in [2.24, 2.45) is 0 Å². The molecule has 0 spiro atoms. The van der Waals surface area contributed by atoms with Crippen LogP contribution in [0.1, 0.15) is 39.5 Å². The lowest BCUT2D eigenvalue weighted by Gasteiger charge is -2.18. The van der Waals surface area contributed by atoms with E-state index in [0.717, 1.165) is 19.3 Å². The van der Waals surface area contributed by atoms with E-state index in [-0.39, 0.29) is 9.88 Å². The van der Waals surface area contributed by atoms with Gasteiger partial charge in [-0.25, -0.2) is 13.1 Å². The van der Waals surface area contributed by atoms with Crippen LogP contribution in [-0.2, 0) is 10.0 Å². The molecule has 1 aromatic rings. The second-order valence-corrected chi connectivity index (χ2v) is 7.27. The molecule has 1 aromatic carbocycles. The number of ether oxygens (including phenoxy) is 1. The lowest BCUT2D eigenvalue weighted by atomic mass is 10.2. The summed E-state index contributed by atoms with van der Waals surface area (Å²) in [7, 11) is -3.72. The molecule has 0 fully saturated rings. The third kappa shape index (κ3) is 6.42. The van der Waals surface area contributed by atoms with Crippen molar-refractivity contribution < 1.29 is 18.4 Å². The standard InChI is InChI=1S/C15H24N2O4S2/c1-3-5-11-21-12-7-9-13(10-8-12)23(19,20)17-14(6-4-2)15(22)16-18/h7-10,14,17-18H,3-6,11H2,1-2H3,(H,16,22)/t14-/m1/s1. The Kier molecular flexibility index (Phi) is 8.46. The van der Waals surface area contributed by atoms with Crippen molar-refractivity contribution in [2.75, 3.05) is 6.61 Å². The highest BCUT2D eigenvalue weighted by molar-refractivity contribution is 7.89. The molecule has 0 amide bonds. The molecular weight excluding hydrogens is 336 g/mol. The molecule has 0 aliphatic heterocycles. The molecule has 3 N–H and O–H groups in total. The summed E-state index contributed by atoms with van der Waals surface area (Å²) < 4.78 is 32.8. The maximum atomic E-state index is 12.4. The van der Waals surface area contributed by atoms with Gasteiger partial charge in [0.1, 0.15) is 10.7 Å². The van der Waals surface area contributed by atoms with Gasteiger partial charge in [0.05, 0.1) is 17.5 Å². The Bertz CT molecular complexity index is 588. The van der Waals surface area contributed by atoms with Gasteiger partial charge in [-0.2, -0.15) is 0 Å². The van der Waals surface area contributed by atoms with E-state index < -0.39 is 16.1 Å². The molecule has 0 aliphatic rings. The monoisotopic (exact) mass is 360 g/mol. The normalized spacial score (nSPS) is 12.7. The number of hydroxylamine groups is 1. The van der Waals surface area contributed by atoms with Crippen LogP contribution in [0.2, 0.25) is 0 Å². The van der Waals surface area contributed by atoms with Gasteiger partial charge in [0.2, 0.25) is 10.0 Å². The topological polar surface area (TPSA) is 87.7 Å². The second-order valence-electron chi connectivity index (χ2n) is 5.11. The predicted octanol–water partition coefficient (Wildman–Crippen LogP) is 2.62. The maximum Gasteiger partial charge on any atom is 0.241 e. The molecule has 130 valence electrons. The quantitative estimate of drug-likeness (QED) is 0.338. The summed E-state index contributed by atoms with van der Waals surface area (Å²) in [5.41, 5.74) is 1.85. The summed E-state index contributed by atoms with van der Waals surface area (Å²) in [5, 5.41) is 8.90. The van der Waals surface area contributed by atoms with Gasteiger partial charge in [0.25, 0.3) is 0 Å². The fraction of sp³-hybridized carbons (Fsp3) is 0.533. The summed E-state index contributed by atoms with van der Waals surface area (Å²) in [4.78, 5) is 0.178. The molecular formula is C15H24N2O4S2. The lowest BCUT2D eigenvalue weighted by molar-refractivity contribution is 0.232. The van der Waals surface area contributed by atoms with Gasteiger partial charge in [0, 0.05) is 0 Å². The summed E-state index contributed by atoms with van der Waals surface area (Å²) in [6, 6.07) is 5.58. The van der Waals surface area contributed by atoms with Crippen molar-refractivity contribution in [1.82, 2.24) is 10.2 Å². The summed E-state index contributed by atoms with van der Waals surface area (Å²) in [6.07, 6.45) is 3.20. The average Bonchev–Trinajstić information content (AvgIpc) is 2.54. The fourth-order valence-electron chi connectivity index (χ4n) is 1.91. The zero-order valence-corrected chi connectivity index (χ0v) is 15.0. The SMILES string of the molecule is CCCCOc1ccc(S(=O)(=O)N[C@H](CCC)C(=S)NO)cc1. The molecule has 0 aliphatic carbocycles. The minimum Gasteiger partial charge on any atom is -0.494 e. The van der Waals surface area contributed by atoms with Crippen LogP contribution in [0.3, 0.4) is 0 Å². The molecule has 6 nitrogen and oxygen atoms in total. The first-order valence-corrected chi connectivity index (χ1v) is 9.52. The summed E-state index contributed by atoms with van der Waals surface area (Å²) >= 11 is 4.93. The zero-order chi connectivity index (χ0) is 17.3. The van der Waals surface area contributed by atoms with E-state index in [2.05, 4.69) is 11.6 Å². The predicted molar refractivity (Wildman–Crippen MR) is 93.4 cm³/mol. The van der Waals surface area contributed by atoms with E-state index in [9.17, 15) is 8.42 Å². The van der Waals surface area contributed by atoms with E-state index in [0.29, 0.717) is 18.8 Å². The Morgan fingerprint density at radius 1 is 1.26 bits per heavy atom. The van der Waals surface area contributed by atoms with Gasteiger partial charge in [-0.3, -0.25) is 10.7 Å². The van der Waals surface area contributed by atoms with Crippen molar-refractivity contribution in [2.45, 2.75) is 50.5 Å². The van der Waals surface area contributed by atoms with Crippen LogP contribution in [0.15, 0.2) is 29.2 Å². The van der Waals surface area contributed by atoms with Gasteiger partial charge in [-0.05, 0) is 37.1 Å². The number of thiocarbonyl (C=S) groups is 1. The fourth-order valence-corrected chi connectivity index (χ4v) is 3.41. The zero-order valence-electron chi connectivity index (χ0n) is 13.4. The van der Waals surface area contributed by atoms with E-state index in [1.54, 1.807) is 12.1 Å². The molecule has 0 heterocycles. The lowest BCUT2D eigenvalue weighted by Crippen LogP contribution is -2.44. The largest absolute Gasteiger partial charge is 0.494 e. The Morgan fingerprint density at radius 3 is 2.43 bits per heavy atom. The molecule has 0 bridgehead atoms.